The van der Waals surface area contributed by atoms with Gasteiger partial charge in [-0.15, -0.1) is 0 Å². The van der Waals surface area contributed by atoms with Gasteiger partial charge in [0.05, 0.1) is 30.9 Å². The second-order valence-electron chi connectivity index (χ2n) is 5.65. The molecule has 0 aromatic heterocycles. The molecule has 1 amide bonds. The molecule has 0 aliphatic heterocycles. The van der Waals surface area contributed by atoms with Crippen LogP contribution in [0.25, 0.3) is 10.4 Å². The highest BCUT2D eigenvalue weighted by Gasteiger charge is 2.37. The van der Waals surface area contributed by atoms with Crippen LogP contribution in [0.15, 0.2) is 16.8 Å². The largest absolute Gasteiger partial charge is 0.463 e. The molecule has 0 spiro atoms. The van der Waals surface area contributed by atoms with Crippen molar-refractivity contribution in [3.05, 3.63) is 22.1 Å². The minimum atomic E-state index is -0.609. The first-order chi connectivity index (χ1) is 11.5. The number of azide groups is 1. The predicted octanol–water partition coefficient (Wildman–Crippen LogP) is 2.64. The number of nitrogens with zero attached hydrogens (tertiary/aromatic N) is 3. The van der Waals surface area contributed by atoms with Crippen molar-refractivity contribution in [3.63, 3.8) is 0 Å². The molecule has 0 aromatic carbocycles. The Morgan fingerprint density at radius 3 is 2.58 bits per heavy atom. The normalized spacial score (nSPS) is 23.2. The number of ether oxygens (including phenoxy) is 2. The van der Waals surface area contributed by atoms with Gasteiger partial charge in [-0.3, -0.25) is 4.79 Å². The highest BCUT2D eigenvalue weighted by Crippen LogP contribution is 2.27. The zero-order valence-electron chi connectivity index (χ0n) is 14.7. The molecule has 1 aliphatic rings. The molecular weight excluding hydrogens is 312 g/mol. The van der Waals surface area contributed by atoms with Gasteiger partial charge in [0, 0.05) is 17.4 Å². The standard InChI is InChI=1S/C16H26N4O4/c1-5-12(6-2)24-14-9-11(16(22)23-7-3)8-13(19-20-17)15(14)18-10(4)21/h9,12-15H,5-8H2,1-4H3,(H,18,21). The molecule has 1 rings (SSSR count). The smallest absolute Gasteiger partial charge is 0.333 e. The third kappa shape index (κ3) is 5.54. The van der Waals surface area contributed by atoms with Crippen LogP contribution in [0.2, 0.25) is 0 Å². The van der Waals surface area contributed by atoms with E-state index in [2.05, 4.69) is 15.3 Å². The van der Waals surface area contributed by atoms with Crippen molar-refractivity contribution in [1.29, 1.82) is 0 Å². The summed E-state index contributed by atoms with van der Waals surface area (Å²) in [4.78, 5) is 26.5. The van der Waals surface area contributed by atoms with Crippen LogP contribution in [-0.4, -0.2) is 42.8 Å². The van der Waals surface area contributed by atoms with Gasteiger partial charge in [-0.25, -0.2) is 4.79 Å². The average Bonchev–Trinajstić information content (AvgIpc) is 2.54. The molecule has 3 atom stereocenters. The van der Waals surface area contributed by atoms with E-state index in [1.807, 2.05) is 13.8 Å². The molecule has 3 unspecified atom stereocenters. The zero-order valence-corrected chi connectivity index (χ0v) is 14.7. The van der Waals surface area contributed by atoms with E-state index in [-0.39, 0.29) is 25.0 Å². The maximum Gasteiger partial charge on any atom is 0.333 e. The summed E-state index contributed by atoms with van der Waals surface area (Å²) in [5.74, 6) is -0.695. The molecule has 1 N–H and O–H groups in total. The Kier molecular flexibility index (Phi) is 8.29. The number of amides is 1. The lowest BCUT2D eigenvalue weighted by molar-refractivity contribution is -0.139. The molecular formula is C16H26N4O4. The number of hydrogen-bond donors (Lipinski definition) is 1. The Morgan fingerprint density at radius 2 is 2.08 bits per heavy atom. The first kappa shape index (κ1) is 20.0. The maximum absolute atomic E-state index is 12.1. The van der Waals surface area contributed by atoms with E-state index in [9.17, 15) is 9.59 Å². The molecule has 0 fully saturated rings. The molecule has 0 aromatic rings. The van der Waals surface area contributed by atoms with Gasteiger partial charge in [-0.05, 0) is 37.8 Å². The van der Waals surface area contributed by atoms with Crippen LogP contribution in [0.1, 0.15) is 47.0 Å². The van der Waals surface area contributed by atoms with Crippen LogP contribution in [0.4, 0.5) is 0 Å². The Morgan fingerprint density at radius 1 is 1.42 bits per heavy atom. The fourth-order valence-electron chi connectivity index (χ4n) is 2.74. The molecule has 8 heteroatoms. The fraction of sp³-hybridized carbons (Fsp3) is 0.750. The van der Waals surface area contributed by atoms with Crippen LogP contribution in [0, 0.1) is 0 Å². The van der Waals surface area contributed by atoms with Crippen molar-refractivity contribution in [3.8, 4) is 0 Å². The van der Waals surface area contributed by atoms with E-state index in [0.29, 0.717) is 5.57 Å². The molecule has 24 heavy (non-hydrogen) atoms. The number of hydrogen-bond acceptors (Lipinski definition) is 5. The Labute approximate surface area is 142 Å². The van der Waals surface area contributed by atoms with Gasteiger partial charge in [0.1, 0.15) is 0 Å². The number of carbonyl (C=O) groups is 2. The van der Waals surface area contributed by atoms with E-state index >= 15 is 0 Å². The van der Waals surface area contributed by atoms with Crippen molar-refractivity contribution in [2.24, 2.45) is 5.11 Å². The summed E-state index contributed by atoms with van der Waals surface area (Å²) in [6.07, 6.45) is 2.92. The first-order valence-electron chi connectivity index (χ1n) is 8.31. The van der Waals surface area contributed by atoms with Crippen molar-refractivity contribution in [2.75, 3.05) is 6.61 Å². The monoisotopic (exact) mass is 338 g/mol. The van der Waals surface area contributed by atoms with Gasteiger partial charge in [0.2, 0.25) is 5.91 Å². The van der Waals surface area contributed by atoms with Crippen LogP contribution in [-0.2, 0) is 19.1 Å². The quantitative estimate of drug-likeness (QED) is 0.317. The first-order valence-corrected chi connectivity index (χ1v) is 8.31. The summed E-state index contributed by atoms with van der Waals surface area (Å²) in [6, 6.07) is -1.13. The molecule has 134 valence electrons. The molecule has 0 saturated carbocycles. The summed E-state index contributed by atoms with van der Waals surface area (Å²) in [5.41, 5.74) is 9.24. The van der Waals surface area contributed by atoms with Gasteiger partial charge in [-0.1, -0.05) is 19.0 Å². The lowest BCUT2D eigenvalue weighted by atomic mass is 9.88. The average molecular weight is 338 g/mol. The second-order valence-corrected chi connectivity index (χ2v) is 5.65. The predicted molar refractivity (Wildman–Crippen MR) is 89.1 cm³/mol. The maximum atomic E-state index is 12.1. The Balaban J connectivity index is 3.17. The van der Waals surface area contributed by atoms with E-state index in [1.165, 1.54) is 6.92 Å². The highest BCUT2D eigenvalue weighted by atomic mass is 16.5. The molecule has 0 radical (unpaired) electrons. The molecule has 1 aliphatic carbocycles. The SMILES string of the molecule is CCOC(=O)C1=CC(OC(CC)CC)C(NC(C)=O)C(N=[N+]=[N-])C1. The van der Waals surface area contributed by atoms with E-state index in [0.717, 1.165) is 12.8 Å². The molecule has 0 saturated heterocycles. The second kappa shape index (κ2) is 9.95. The molecule has 8 nitrogen and oxygen atoms in total. The topological polar surface area (TPSA) is 113 Å². The summed E-state index contributed by atoms with van der Waals surface area (Å²) in [6.45, 7) is 7.39. The van der Waals surface area contributed by atoms with Gasteiger partial charge in [0.25, 0.3) is 0 Å². The fourth-order valence-corrected chi connectivity index (χ4v) is 2.74. The van der Waals surface area contributed by atoms with E-state index in [1.54, 1.807) is 13.0 Å². The van der Waals surface area contributed by atoms with Crippen LogP contribution in [0.5, 0.6) is 0 Å². The highest BCUT2D eigenvalue weighted by molar-refractivity contribution is 5.89. The Hall–Kier alpha value is -2.05. The van der Waals surface area contributed by atoms with Crippen LogP contribution in [0.3, 0.4) is 0 Å². The zero-order chi connectivity index (χ0) is 18.1. The number of esters is 1. The van der Waals surface area contributed by atoms with Gasteiger partial charge >= 0.3 is 5.97 Å². The van der Waals surface area contributed by atoms with E-state index in [4.69, 9.17) is 15.0 Å². The van der Waals surface area contributed by atoms with Crippen molar-refractivity contribution >= 4 is 11.9 Å². The third-order valence-corrected chi connectivity index (χ3v) is 3.93. The third-order valence-electron chi connectivity index (χ3n) is 3.93. The lowest BCUT2D eigenvalue weighted by Gasteiger charge is -2.36. The van der Waals surface area contributed by atoms with Crippen LogP contribution < -0.4 is 5.32 Å². The molecule has 0 heterocycles. The van der Waals surface area contributed by atoms with Crippen molar-refractivity contribution in [2.45, 2.75) is 71.2 Å². The minimum absolute atomic E-state index is 0.0178. The minimum Gasteiger partial charge on any atom is -0.463 e. The van der Waals surface area contributed by atoms with Crippen LogP contribution >= 0.6 is 0 Å². The summed E-state index contributed by atoms with van der Waals surface area (Å²) in [7, 11) is 0. The summed E-state index contributed by atoms with van der Waals surface area (Å²) in [5, 5.41) is 6.54. The van der Waals surface area contributed by atoms with Gasteiger partial charge < -0.3 is 14.8 Å². The van der Waals surface area contributed by atoms with Gasteiger partial charge in [0.15, 0.2) is 0 Å². The van der Waals surface area contributed by atoms with Crippen molar-refractivity contribution in [1.82, 2.24) is 5.32 Å². The Bertz CT molecular complexity index is 524. The summed E-state index contributed by atoms with van der Waals surface area (Å²) < 4.78 is 11.1. The summed E-state index contributed by atoms with van der Waals surface area (Å²) >= 11 is 0. The van der Waals surface area contributed by atoms with Gasteiger partial charge in [-0.2, -0.15) is 0 Å². The number of carbonyl (C=O) groups excluding carboxylic acids is 2. The number of nitrogens with one attached hydrogen (secondary N) is 1. The number of rotatable bonds is 8. The van der Waals surface area contributed by atoms with E-state index < -0.39 is 24.2 Å². The lowest BCUT2D eigenvalue weighted by Crippen LogP contribution is -2.53. The molecule has 0 bridgehead atoms. The van der Waals surface area contributed by atoms with Crippen molar-refractivity contribution < 1.29 is 19.1 Å².